The van der Waals surface area contributed by atoms with Gasteiger partial charge in [-0.25, -0.2) is 8.42 Å². The molecule has 29 heavy (non-hydrogen) atoms. The van der Waals surface area contributed by atoms with Crippen molar-refractivity contribution in [3.63, 3.8) is 0 Å². The Morgan fingerprint density at radius 2 is 1.62 bits per heavy atom. The highest BCUT2D eigenvalue weighted by Crippen LogP contribution is 2.29. The largest absolute Gasteiger partial charge is 0.573 e. The van der Waals surface area contributed by atoms with Crippen molar-refractivity contribution in [2.24, 2.45) is 0 Å². The highest BCUT2D eigenvalue weighted by Gasteiger charge is 2.31. The molecular weight excluding hydrogens is 456 g/mol. The number of anilines is 2. The first-order chi connectivity index (χ1) is 13.3. The van der Waals surface area contributed by atoms with E-state index in [1.165, 1.54) is 37.3 Å². The minimum Gasteiger partial charge on any atom is -0.406 e. The number of sulfonamides is 1. The standard InChI is InChI=1S/C17H15Cl2F3N2O4S/c1-10(24(29(2,26)27)14-8-11(18)7-12(19)9-14)16(25)23-13-3-5-15(6-4-13)28-17(20,21)22/h3-10H,1-2H3,(H,23,25)/t10-/m1/s1. The van der Waals surface area contributed by atoms with Gasteiger partial charge in [0.15, 0.2) is 0 Å². The van der Waals surface area contributed by atoms with E-state index in [9.17, 15) is 26.4 Å². The third-order valence-corrected chi connectivity index (χ3v) is 5.22. The van der Waals surface area contributed by atoms with Crippen LogP contribution in [0.3, 0.4) is 0 Å². The lowest BCUT2D eigenvalue weighted by molar-refractivity contribution is -0.274. The van der Waals surface area contributed by atoms with Crippen LogP contribution in [-0.2, 0) is 14.8 Å². The lowest BCUT2D eigenvalue weighted by atomic mass is 10.2. The van der Waals surface area contributed by atoms with E-state index in [2.05, 4.69) is 10.1 Å². The Morgan fingerprint density at radius 3 is 2.07 bits per heavy atom. The van der Waals surface area contributed by atoms with Crippen LogP contribution in [0.5, 0.6) is 5.75 Å². The molecule has 0 aliphatic carbocycles. The van der Waals surface area contributed by atoms with Gasteiger partial charge in [0.05, 0.1) is 11.9 Å². The molecule has 2 aromatic carbocycles. The molecule has 2 aromatic rings. The van der Waals surface area contributed by atoms with Crippen molar-refractivity contribution in [2.45, 2.75) is 19.3 Å². The second kappa shape index (κ2) is 8.68. The Balaban J connectivity index is 2.23. The predicted octanol–water partition coefficient (Wildman–Crippen LogP) is 4.69. The minimum atomic E-state index is -4.84. The van der Waals surface area contributed by atoms with Gasteiger partial charge in [-0.3, -0.25) is 9.10 Å². The van der Waals surface area contributed by atoms with Gasteiger partial charge in [0.25, 0.3) is 0 Å². The molecule has 0 aliphatic heterocycles. The maximum atomic E-state index is 12.6. The van der Waals surface area contributed by atoms with Gasteiger partial charge in [0, 0.05) is 15.7 Å². The number of halogens is 5. The topological polar surface area (TPSA) is 75.7 Å². The number of nitrogens with one attached hydrogen (secondary N) is 1. The zero-order valence-electron chi connectivity index (χ0n) is 15.0. The first-order valence-corrected chi connectivity index (χ1v) is 10.5. The number of benzene rings is 2. The third-order valence-electron chi connectivity index (χ3n) is 3.55. The summed E-state index contributed by atoms with van der Waals surface area (Å²) >= 11 is 11.8. The molecule has 1 amide bonds. The van der Waals surface area contributed by atoms with Crippen LogP contribution in [-0.4, -0.2) is 33.0 Å². The minimum absolute atomic E-state index is 0.0848. The summed E-state index contributed by atoms with van der Waals surface area (Å²) in [5.41, 5.74) is 0.232. The number of rotatable bonds is 6. The molecule has 1 N–H and O–H groups in total. The van der Waals surface area contributed by atoms with Crippen LogP contribution < -0.4 is 14.4 Å². The monoisotopic (exact) mass is 470 g/mol. The Labute approximate surface area is 175 Å². The second-order valence-corrected chi connectivity index (χ2v) is 8.66. The van der Waals surface area contributed by atoms with Crippen LogP contribution >= 0.6 is 23.2 Å². The molecule has 12 heteroatoms. The summed E-state index contributed by atoms with van der Waals surface area (Å²) in [6, 6.07) is 7.26. The molecular formula is C17H15Cl2F3N2O4S. The lowest BCUT2D eigenvalue weighted by Crippen LogP contribution is -2.45. The van der Waals surface area contributed by atoms with Crippen molar-refractivity contribution < 1.29 is 31.1 Å². The number of carbonyl (C=O) groups is 1. The van der Waals surface area contributed by atoms with Crippen molar-refractivity contribution >= 4 is 50.5 Å². The van der Waals surface area contributed by atoms with Crippen molar-refractivity contribution in [1.82, 2.24) is 0 Å². The van der Waals surface area contributed by atoms with Gasteiger partial charge in [0.2, 0.25) is 15.9 Å². The van der Waals surface area contributed by atoms with Crippen LogP contribution in [0.2, 0.25) is 10.0 Å². The number of hydrogen-bond donors (Lipinski definition) is 1. The Kier molecular flexibility index (Phi) is 6.92. The number of ether oxygens (including phenoxy) is 1. The number of carbonyl (C=O) groups excluding carboxylic acids is 1. The van der Waals surface area contributed by atoms with Gasteiger partial charge in [0.1, 0.15) is 11.8 Å². The van der Waals surface area contributed by atoms with Gasteiger partial charge in [-0.15, -0.1) is 13.2 Å². The molecule has 0 unspecified atom stereocenters. The van der Waals surface area contributed by atoms with Crippen LogP contribution in [0.15, 0.2) is 42.5 Å². The van der Waals surface area contributed by atoms with Crippen molar-refractivity contribution in [1.29, 1.82) is 0 Å². The third kappa shape index (κ3) is 6.69. The van der Waals surface area contributed by atoms with Crippen molar-refractivity contribution in [3.05, 3.63) is 52.5 Å². The van der Waals surface area contributed by atoms with E-state index < -0.39 is 34.1 Å². The maximum Gasteiger partial charge on any atom is 0.573 e. The highest BCUT2D eigenvalue weighted by atomic mass is 35.5. The summed E-state index contributed by atoms with van der Waals surface area (Å²) in [5.74, 6) is -1.19. The smallest absolute Gasteiger partial charge is 0.406 e. The summed E-state index contributed by atoms with van der Waals surface area (Å²) in [5, 5.41) is 2.79. The highest BCUT2D eigenvalue weighted by molar-refractivity contribution is 7.92. The zero-order valence-corrected chi connectivity index (χ0v) is 17.3. The average molecular weight is 471 g/mol. The number of amides is 1. The van der Waals surface area contributed by atoms with Gasteiger partial charge in [-0.2, -0.15) is 0 Å². The quantitative estimate of drug-likeness (QED) is 0.664. The number of hydrogen-bond acceptors (Lipinski definition) is 4. The molecule has 158 valence electrons. The van der Waals surface area contributed by atoms with E-state index in [4.69, 9.17) is 23.2 Å². The van der Waals surface area contributed by atoms with Crippen LogP contribution in [0.25, 0.3) is 0 Å². The predicted molar refractivity (Wildman–Crippen MR) is 105 cm³/mol. The fourth-order valence-electron chi connectivity index (χ4n) is 2.46. The van der Waals surface area contributed by atoms with E-state index in [0.29, 0.717) is 0 Å². The molecule has 0 aliphatic rings. The van der Waals surface area contributed by atoms with E-state index in [1.807, 2.05) is 0 Å². The lowest BCUT2D eigenvalue weighted by Gasteiger charge is -2.28. The van der Waals surface area contributed by atoms with Crippen LogP contribution in [0.1, 0.15) is 6.92 Å². The van der Waals surface area contributed by atoms with Crippen molar-refractivity contribution in [3.8, 4) is 5.75 Å². The van der Waals surface area contributed by atoms with E-state index in [-0.39, 0.29) is 21.4 Å². The van der Waals surface area contributed by atoms with E-state index in [1.54, 1.807) is 0 Å². The Bertz CT molecular complexity index is 978. The van der Waals surface area contributed by atoms with Gasteiger partial charge in [-0.1, -0.05) is 23.2 Å². The molecule has 0 spiro atoms. The SMILES string of the molecule is C[C@H](C(=O)Nc1ccc(OC(F)(F)F)cc1)N(c1cc(Cl)cc(Cl)c1)S(C)(=O)=O. The molecule has 0 bridgehead atoms. The molecule has 0 aromatic heterocycles. The first kappa shape index (κ1) is 23.1. The normalized spacial score (nSPS) is 12.9. The number of nitrogens with zero attached hydrogens (tertiary/aromatic N) is 1. The zero-order chi connectivity index (χ0) is 22.0. The summed E-state index contributed by atoms with van der Waals surface area (Å²) < 4.78 is 65.7. The van der Waals surface area contributed by atoms with Gasteiger partial charge < -0.3 is 10.1 Å². The molecule has 1 atom stereocenters. The summed E-state index contributed by atoms with van der Waals surface area (Å²) in [6.07, 6.45) is -3.93. The second-order valence-electron chi connectivity index (χ2n) is 5.92. The summed E-state index contributed by atoms with van der Waals surface area (Å²) in [7, 11) is -3.90. The molecule has 0 radical (unpaired) electrons. The van der Waals surface area contributed by atoms with Gasteiger partial charge in [-0.05, 0) is 49.4 Å². The molecule has 0 fully saturated rings. The number of alkyl halides is 3. The molecule has 0 heterocycles. The van der Waals surface area contributed by atoms with Crippen molar-refractivity contribution in [2.75, 3.05) is 15.9 Å². The average Bonchev–Trinajstić information content (AvgIpc) is 2.53. The Hall–Kier alpha value is -2.17. The molecule has 0 saturated heterocycles. The summed E-state index contributed by atoms with van der Waals surface area (Å²) in [6.45, 7) is 1.34. The molecule has 2 rings (SSSR count). The molecule has 6 nitrogen and oxygen atoms in total. The Morgan fingerprint density at radius 1 is 1.10 bits per heavy atom. The maximum absolute atomic E-state index is 12.6. The van der Waals surface area contributed by atoms with E-state index >= 15 is 0 Å². The van der Waals surface area contributed by atoms with Crippen LogP contribution in [0, 0.1) is 0 Å². The van der Waals surface area contributed by atoms with E-state index in [0.717, 1.165) is 22.7 Å². The fourth-order valence-corrected chi connectivity index (χ4v) is 4.14. The summed E-state index contributed by atoms with van der Waals surface area (Å²) in [4.78, 5) is 12.6. The fraction of sp³-hybridized carbons (Fsp3) is 0.235. The molecule has 0 saturated carbocycles. The van der Waals surface area contributed by atoms with Gasteiger partial charge >= 0.3 is 6.36 Å². The first-order valence-electron chi connectivity index (χ1n) is 7.88. The van der Waals surface area contributed by atoms with Crippen LogP contribution in [0.4, 0.5) is 24.5 Å².